The van der Waals surface area contributed by atoms with Crippen LogP contribution in [0, 0.1) is 18.8 Å². The van der Waals surface area contributed by atoms with Crippen LogP contribution < -0.4 is 0 Å². The Hall–Kier alpha value is -2.56. The Morgan fingerprint density at radius 1 is 1.14 bits per heavy atom. The van der Waals surface area contributed by atoms with Crippen LogP contribution >= 0.6 is 0 Å². The summed E-state index contributed by atoms with van der Waals surface area (Å²) in [6, 6.07) is 3.01. The number of aryl methyl sites for hydroxylation is 1. The molecule has 2 N–H and O–H groups in total. The lowest BCUT2D eigenvalue weighted by Crippen LogP contribution is -2.38. The maximum absolute atomic E-state index is 12.6. The van der Waals surface area contributed by atoms with Gasteiger partial charge in [-0.3, -0.25) is 9.59 Å². The number of allylic oxidation sites excluding steroid dienone is 3. The van der Waals surface area contributed by atoms with Gasteiger partial charge in [0.05, 0.1) is 24.5 Å². The number of aliphatic hydroxyl groups excluding tert-OH is 1. The number of phenolic OH excluding ortho intramolecular Hbond substituents is 1. The molecule has 0 amide bonds. The summed E-state index contributed by atoms with van der Waals surface area (Å²) < 4.78 is 5.03. The number of ether oxygens (including phenoxy) is 1. The molecule has 108 valence electrons. The first-order valence-electron chi connectivity index (χ1n) is 6.52. The second kappa shape index (κ2) is 4.48. The van der Waals surface area contributed by atoms with Crippen LogP contribution in [-0.2, 0) is 4.74 Å². The van der Waals surface area contributed by atoms with Crippen molar-refractivity contribution in [1.82, 2.24) is 0 Å². The Morgan fingerprint density at radius 2 is 1.86 bits per heavy atom. The summed E-state index contributed by atoms with van der Waals surface area (Å²) in [5, 5.41) is 20.1. The molecule has 0 aromatic heterocycles. The third-order valence-corrected chi connectivity index (χ3v) is 3.91. The van der Waals surface area contributed by atoms with E-state index in [0.29, 0.717) is 11.3 Å². The van der Waals surface area contributed by atoms with E-state index in [4.69, 9.17) is 4.74 Å². The predicted molar refractivity (Wildman–Crippen MR) is 74.3 cm³/mol. The maximum Gasteiger partial charge on any atom is 0.175 e. The Kier molecular flexibility index (Phi) is 2.86. The molecule has 2 aliphatic rings. The summed E-state index contributed by atoms with van der Waals surface area (Å²) >= 11 is 0. The van der Waals surface area contributed by atoms with E-state index in [0.717, 1.165) is 0 Å². The Morgan fingerprint density at radius 3 is 2.52 bits per heavy atom. The first-order chi connectivity index (χ1) is 9.93. The number of carbonyl (C=O) groups is 2. The van der Waals surface area contributed by atoms with Crippen molar-refractivity contribution in [2.75, 3.05) is 7.11 Å². The first kappa shape index (κ1) is 13.4. The van der Waals surface area contributed by atoms with Gasteiger partial charge in [-0.15, -0.1) is 0 Å². The molecule has 1 aromatic carbocycles. The summed E-state index contributed by atoms with van der Waals surface area (Å²) in [6.45, 7) is 1.73. The molecule has 2 atom stereocenters. The van der Waals surface area contributed by atoms with Crippen LogP contribution in [0.5, 0.6) is 5.75 Å². The fourth-order valence-corrected chi connectivity index (χ4v) is 2.95. The highest BCUT2D eigenvalue weighted by atomic mass is 16.5. The van der Waals surface area contributed by atoms with E-state index in [2.05, 4.69) is 0 Å². The number of benzene rings is 1. The summed E-state index contributed by atoms with van der Waals surface area (Å²) in [5.41, 5.74) is 0.861. The summed E-state index contributed by atoms with van der Waals surface area (Å²) in [4.78, 5) is 25.2. The lowest BCUT2D eigenvalue weighted by atomic mass is 9.70. The number of rotatable bonds is 1. The van der Waals surface area contributed by atoms with Crippen molar-refractivity contribution in [3.63, 3.8) is 0 Å². The van der Waals surface area contributed by atoms with E-state index in [1.807, 2.05) is 0 Å². The molecule has 2 unspecified atom stereocenters. The summed E-state index contributed by atoms with van der Waals surface area (Å²) in [6.07, 6.45) is 2.85. The van der Waals surface area contributed by atoms with Gasteiger partial charge in [0.15, 0.2) is 11.6 Å². The maximum atomic E-state index is 12.6. The van der Waals surface area contributed by atoms with Crippen LogP contribution in [0.1, 0.15) is 26.3 Å². The second-order valence-corrected chi connectivity index (χ2v) is 5.28. The SMILES string of the molecule is COC1=CC2C(=O)c3c(O)cc(C)cc3C(=O)C2C(O)=C1. The molecule has 5 heteroatoms. The quantitative estimate of drug-likeness (QED) is 0.827. The molecule has 0 spiro atoms. The zero-order valence-electron chi connectivity index (χ0n) is 11.6. The van der Waals surface area contributed by atoms with Crippen LogP contribution in [0.25, 0.3) is 0 Å². The third kappa shape index (κ3) is 1.85. The number of phenols is 1. The highest BCUT2D eigenvalue weighted by Crippen LogP contribution is 2.41. The van der Waals surface area contributed by atoms with E-state index in [1.54, 1.807) is 13.0 Å². The molecule has 2 aliphatic carbocycles. The van der Waals surface area contributed by atoms with Gasteiger partial charge in [0.1, 0.15) is 17.3 Å². The first-order valence-corrected chi connectivity index (χ1v) is 6.52. The molecule has 21 heavy (non-hydrogen) atoms. The minimum Gasteiger partial charge on any atom is -0.511 e. The fourth-order valence-electron chi connectivity index (χ4n) is 2.95. The van der Waals surface area contributed by atoms with Crippen molar-refractivity contribution >= 4 is 11.6 Å². The second-order valence-electron chi connectivity index (χ2n) is 5.28. The van der Waals surface area contributed by atoms with Crippen molar-refractivity contribution in [3.8, 4) is 5.75 Å². The highest BCUT2D eigenvalue weighted by Gasteiger charge is 2.45. The number of carbonyl (C=O) groups excluding carboxylic acids is 2. The molecule has 0 saturated heterocycles. The number of hydrogen-bond acceptors (Lipinski definition) is 5. The van der Waals surface area contributed by atoms with Crippen molar-refractivity contribution in [1.29, 1.82) is 0 Å². The molecule has 0 saturated carbocycles. The monoisotopic (exact) mass is 286 g/mol. The van der Waals surface area contributed by atoms with Gasteiger partial charge in [0.2, 0.25) is 0 Å². The topological polar surface area (TPSA) is 83.8 Å². The van der Waals surface area contributed by atoms with Crippen LogP contribution in [0.15, 0.2) is 35.8 Å². The molecular weight excluding hydrogens is 272 g/mol. The standard InChI is InChI=1S/C16H14O5/c1-7-3-9-13(11(17)4-7)16(20)10-5-8(21-2)6-12(18)14(10)15(9)19/h3-6,10,14,17-18H,1-2H3. The number of hydrogen-bond donors (Lipinski definition) is 2. The highest BCUT2D eigenvalue weighted by molar-refractivity contribution is 6.19. The van der Waals surface area contributed by atoms with Gasteiger partial charge in [-0.1, -0.05) is 0 Å². The van der Waals surface area contributed by atoms with Crippen molar-refractivity contribution in [3.05, 3.63) is 52.5 Å². The predicted octanol–water partition coefficient (Wildman–Crippen LogP) is 2.30. The number of aliphatic hydroxyl groups is 1. The minimum absolute atomic E-state index is 0.0215. The van der Waals surface area contributed by atoms with E-state index in [-0.39, 0.29) is 34.2 Å². The number of ketones is 2. The lowest BCUT2D eigenvalue weighted by Gasteiger charge is -2.31. The lowest BCUT2D eigenvalue weighted by molar-refractivity contribution is 0.0748. The zero-order chi connectivity index (χ0) is 15.3. The van der Waals surface area contributed by atoms with Gasteiger partial charge in [-0.25, -0.2) is 0 Å². The summed E-state index contributed by atoms with van der Waals surface area (Å²) in [7, 11) is 1.42. The fraction of sp³-hybridized carbons (Fsp3) is 0.250. The Balaban J connectivity index is 2.23. The van der Waals surface area contributed by atoms with Gasteiger partial charge >= 0.3 is 0 Å². The molecule has 0 fully saturated rings. The van der Waals surface area contributed by atoms with Crippen LogP contribution in [-0.4, -0.2) is 28.9 Å². The van der Waals surface area contributed by atoms with Gasteiger partial charge in [0, 0.05) is 11.6 Å². The van der Waals surface area contributed by atoms with E-state index >= 15 is 0 Å². The Labute approximate surface area is 121 Å². The molecular formula is C16H14O5. The van der Waals surface area contributed by atoms with Gasteiger partial charge in [-0.2, -0.15) is 0 Å². The van der Waals surface area contributed by atoms with Crippen molar-refractivity contribution in [2.45, 2.75) is 6.92 Å². The molecule has 1 aromatic rings. The summed E-state index contributed by atoms with van der Waals surface area (Å²) in [5.74, 6) is -2.61. The molecule has 5 nitrogen and oxygen atoms in total. The van der Waals surface area contributed by atoms with Crippen LogP contribution in [0.2, 0.25) is 0 Å². The third-order valence-electron chi connectivity index (χ3n) is 3.91. The molecule has 3 rings (SSSR count). The van der Waals surface area contributed by atoms with Gasteiger partial charge in [-0.05, 0) is 30.7 Å². The largest absolute Gasteiger partial charge is 0.511 e. The average molecular weight is 286 g/mol. The smallest absolute Gasteiger partial charge is 0.175 e. The minimum atomic E-state index is -0.940. The van der Waals surface area contributed by atoms with E-state index < -0.39 is 11.8 Å². The van der Waals surface area contributed by atoms with Gasteiger partial charge < -0.3 is 14.9 Å². The van der Waals surface area contributed by atoms with Crippen molar-refractivity contribution < 1.29 is 24.5 Å². The number of methoxy groups -OCH3 is 1. The number of aromatic hydroxyl groups is 1. The zero-order valence-corrected chi connectivity index (χ0v) is 11.6. The van der Waals surface area contributed by atoms with E-state index in [9.17, 15) is 19.8 Å². The van der Waals surface area contributed by atoms with Gasteiger partial charge in [0.25, 0.3) is 0 Å². The van der Waals surface area contributed by atoms with E-state index in [1.165, 1.54) is 25.3 Å². The number of Topliss-reactive ketones (excluding diaryl/α,β-unsaturated/α-hetero) is 2. The Bertz CT molecular complexity index is 726. The molecule has 0 heterocycles. The van der Waals surface area contributed by atoms with Crippen LogP contribution in [0.4, 0.5) is 0 Å². The molecule has 0 aliphatic heterocycles. The molecule has 0 radical (unpaired) electrons. The van der Waals surface area contributed by atoms with Crippen molar-refractivity contribution in [2.24, 2.45) is 11.8 Å². The normalized spacial score (nSPS) is 23.9. The molecule has 0 bridgehead atoms. The number of fused-ring (bicyclic) bond motifs is 2. The average Bonchev–Trinajstić information content (AvgIpc) is 2.43. The van der Waals surface area contributed by atoms with Crippen LogP contribution in [0.3, 0.4) is 0 Å².